The Morgan fingerprint density at radius 1 is 1.50 bits per heavy atom. The van der Waals surface area contributed by atoms with Gasteiger partial charge in [0.25, 0.3) is 0 Å². The highest BCUT2D eigenvalue weighted by Gasteiger charge is 2.30. The molecule has 0 aliphatic carbocycles. The number of carbonyl (C=O) groups is 1. The van der Waals surface area contributed by atoms with Crippen molar-refractivity contribution >= 4 is 5.97 Å². The smallest absolute Gasteiger partial charge is 0.331 e. The molecule has 2 rings (SSSR count). The molecule has 0 aromatic carbocycles. The van der Waals surface area contributed by atoms with Gasteiger partial charge in [0.15, 0.2) is 0 Å². The van der Waals surface area contributed by atoms with Gasteiger partial charge >= 0.3 is 5.97 Å². The van der Waals surface area contributed by atoms with Gasteiger partial charge in [-0.05, 0) is 39.2 Å². The van der Waals surface area contributed by atoms with Crippen molar-refractivity contribution in [3.8, 4) is 0 Å². The van der Waals surface area contributed by atoms with E-state index in [-0.39, 0.29) is 0 Å². The summed E-state index contributed by atoms with van der Waals surface area (Å²) in [5, 5.41) is 8.90. The van der Waals surface area contributed by atoms with Crippen LogP contribution in [0.2, 0.25) is 0 Å². The van der Waals surface area contributed by atoms with Gasteiger partial charge in [-0.15, -0.1) is 0 Å². The molecule has 0 spiro atoms. The first-order valence-corrected chi connectivity index (χ1v) is 5.34. The van der Waals surface area contributed by atoms with Crippen LogP contribution in [0.1, 0.15) is 32.6 Å². The van der Waals surface area contributed by atoms with Crippen LogP contribution < -0.4 is 0 Å². The number of hydrogen-bond acceptors (Lipinski definition) is 2. The Balaban J connectivity index is 2.11. The number of carboxylic acids is 1. The van der Waals surface area contributed by atoms with E-state index in [4.69, 9.17) is 5.11 Å². The molecule has 14 heavy (non-hydrogen) atoms. The number of rotatable bonds is 1. The third-order valence-electron chi connectivity index (χ3n) is 3.53. The first kappa shape index (κ1) is 9.71. The molecule has 3 nitrogen and oxygen atoms in total. The summed E-state index contributed by atoms with van der Waals surface area (Å²) in [7, 11) is 0. The predicted octanol–water partition coefficient (Wildman–Crippen LogP) is 1.65. The third-order valence-corrected chi connectivity index (χ3v) is 3.53. The van der Waals surface area contributed by atoms with Crippen LogP contribution in [0.15, 0.2) is 11.1 Å². The molecular formula is C11H17NO2. The molecule has 78 valence electrons. The van der Waals surface area contributed by atoms with Gasteiger partial charge in [0.05, 0.1) is 0 Å². The Hall–Kier alpha value is -0.830. The fourth-order valence-corrected chi connectivity index (χ4v) is 2.58. The van der Waals surface area contributed by atoms with Gasteiger partial charge in [-0.25, -0.2) is 4.79 Å². The lowest BCUT2D eigenvalue weighted by atomic mass is 9.93. The molecule has 0 aromatic rings. The van der Waals surface area contributed by atoms with Crippen LogP contribution >= 0.6 is 0 Å². The Morgan fingerprint density at radius 2 is 2.29 bits per heavy atom. The van der Waals surface area contributed by atoms with E-state index >= 15 is 0 Å². The summed E-state index contributed by atoms with van der Waals surface area (Å²) in [6, 6.07) is 0.632. The second-order valence-corrected chi connectivity index (χ2v) is 4.32. The van der Waals surface area contributed by atoms with Crippen LogP contribution in [0.25, 0.3) is 0 Å². The maximum atomic E-state index is 10.8. The third kappa shape index (κ3) is 1.69. The number of hydrogen-bond donors (Lipinski definition) is 1. The minimum atomic E-state index is -0.744. The van der Waals surface area contributed by atoms with Crippen LogP contribution in [0.4, 0.5) is 0 Å². The maximum absolute atomic E-state index is 10.8. The Bertz CT molecular complexity index is 283. The highest BCUT2D eigenvalue weighted by molar-refractivity contribution is 5.86. The molecule has 0 aromatic heterocycles. The van der Waals surface area contributed by atoms with Gasteiger partial charge < -0.3 is 5.11 Å². The molecule has 0 bridgehead atoms. The van der Waals surface area contributed by atoms with Crippen molar-refractivity contribution in [3.63, 3.8) is 0 Å². The molecule has 1 unspecified atom stereocenters. The molecule has 2 fully saturated rings. The van der Waals surface area contributed by atoms with Crippen molar-refractivity contribution < 1.29 is 9.90 Å². The first-order valence-electron chi connectivity index (χ1n) is 5.34. The zero-order valence-electron chi connectivity index (χ0n) is 8.62. The van der Waals surface area contributed by atoms with E-state index in [1.807, 2.05) is 0 Å². The average molecular weight is 195 g/mol. The fourth-order valence-electron chi connectivity index (χ4n) is 2.58. The van der Waals surface area contributed by atoms with Gasteiger partial charge in [-0.3, -0.25) is 4.90 Å². The summed E-state index contributed by atoms with van der Waals surface area (Å²) >= 11 is 0. The molecule has 1 N–H and O–H groups in total. The maximum Gasteiger partial charge on any atom is 0.331 e. The summed E-state index contributed by atoms with van der Waals surface area (Å²) in [6.45, 7) is 4.01. The molecule has 0 radical (unpaired) electrons. The van der Waals surface area contributed by atoms with Crippen LogP contribution in [-0.4, -0.2) is 35.1 Å². The summed E-state index contributed by atoms with van der Waals surface area (Å²) in [4.78, 5) is 13.3. The highest BCUT2D eigenvalue weighted by atomic mass is 16.4. The van der Waals surface area contributed by atoms with Gasteiger partial charge in [0, 0.05) is 18.2 Å². The quantitative estimate of drug-likeness (QED) is 0.647. The van der Waals surface area contributed by atoms with Crippen LogP contribution in [0.3, 0.4) is 0 Å². The Labute approximate surface area is 84.4 Å². The Kier molecular flexibility index (Phi) is 2.59. The van der Waals surface area contributed by atoms with Gasteiger partial charge in [-0.2, -0.15) is 0 Å². The van der Waals surface area contributed by atoms with Gasteiger partial charge in [0.1, 0.15) is 0 Å². The van der Waals surface area contributed by atoms with E-state index in [1.165, 1.54) is 25.0 Å². The zero-order chi connectivity index (χ0) is 10.1. The van der Waals surface area contributed by atoms with Crippen molar-refractivity contribution in [1.82, 2.24) is 4.90 Å². The summed E-state index contributed by atoms with van der Waals surface area (Å²) in [5.74, 6) is -0.744. The molecule has 2 aliphatic rings. The monoisotopic (exact) mass is 195 g/mol. The molecule has 0 saturated carbocycles. The summed E-state index contributed by atoms with van der Waals surface area (Å²) in [5.41, 5.74) is 1.75. The number of piperidine rings is 1. The van der Waals surface area contributed by atoms with E-state index < -0.39 is 5.97 Å². The standard InChI is InChI=1S/C11H17NO2/c1-8(11(13)14)9-4-6-12-5-2-3-10(12)7-9/h10H,2-7H2,1H3,(H,13,14). The lowest BCUT2D eigenvalue weighted by molar-refractivity contribution is -0.132. The Morgan fingerprint density at radius 3 is 3.00 bits per heavy atom. The zero-order valence-corrected chi connectivity index (χ0v) is 8.62. The van der Waals surface area contributed by atoms with E-state index in [0.29, 0.717) is 11.6 Å². The van der Waals surface area contributed by atoms with Crippen LogP contribution in [-0.2, 0) is 4.79 Å². The SMILES string of the molecule is CC(C(=O)O)=C1CCN2CCCC2C1. The number of fused-ring (bicyclic) bond motifs is 1. The second-order valence-electron chi connectivity index (χ2n) is 4.32. The van der Waals surface area contributed by atoms with Gasteiger partial charge in [-0.1, -0.05) is 5.57 Å². The minimum absolute atomic E-state index is 0.580. The van der Waals surface area contributed by atoms with Crippen molar-refractivity contribution in [1.29, 1.82) is 0 Å². The van der Waals surface area contributed by atoms with Gasteiger partial charge in [0.2, 0.25) is 0 Å². The molecule has 3 heteroatoms. The average Bonchev–Trinajstić information content (AvgIpc) is 2.62. The highest BCUT2D eigenvalue weighted by Crippen LogP contribution is 2.31. The lowest BCUT2D eigenvalue weighted by Crippen LogP contribution is -2.35. The topological polar surface area (TPSA) is 40.5 Å². The fraction of sp³-hybridized carbons (Fsp3) is 0.727. The van der Waals surface area contributed by atoms with E-state index in [9.17, 15) is 4.79 Å². The summed E-state index contributed by atoms with van der Waals surface area (Å²) < 4.78 is 0. The van der Waals surface area contributed by atoms with Crippen molar-refractivity contribution in [2.45, 2.75) is 38.6 Å². The van der Waals surface area contributed by atoms with Crippen molar-refractivity contribution in [2.75, 3.05) is 13.1 Å². The number of nitrogens with zero attached hydrogens (tertiary/aromatic N) is 1. The summed E-state index contributed by atoms with van der Waals surface area (Å²) in [6.07, 6.45) is 4.47. The molecule has 1 atom stereocenters. The van der Waals surface area contributed by atoms with Crippen molar-refractivity contribution in [3.05, 3.63) is 11.1 Å². The number of carboxylic acid groups (broad SMARTS) is 1. The second kappa shape index (κ2) is 3.73. The van der Waals surface area contributed by atoms with E-state index in [2.05, 4.69) is 4.90 Å². The number of aliphatic carboxylic acids is 1. The van der Waals surface area contributed by atoms with Crippen LogP contribution in [0, 0.1) is 0 Å². The largest absolute Gasteiger partial charge is 0.478 e. The normalized spacial score (nSPS) is 31.4. The van der Waals surface area contributed by atoms with Crippen LogP contribution in [0.5, 0.6) is 0 Å². The lowest BCUT2D eigenvalue weighted by Gasteiger charge is -2.31. The first-order chi connectivity index (χ1) is 6.68. The molecular weight excluding hydrogens is 178 g/mol. The molecule has 2 aliphatic heterocycles. The molecule has 0 amide bonds. The van der Waals surface area contributed by atoms with E-state index in [0.717, 1.165) is 19.4 Å². The predicted molar refractivity (Wildman–Crippen MR) is 54.2 cm³/mol. The van der Waals surface area contributed by atoms with Crippen molar-refractivity contribution in [2.24, 2.45) is 0 Å². The molecule has 2 saturated heterocycles. The molecule has 2 heterocycles. The minimum Gasteiger partial charge on any atom is -0.478 e. The van der Waals surface area contributed by atoms with E-state index in [1.54, 1.807) is 6.92 Å².